The third-order valence-corrected chi connectivity index (χ3v) is 4.15. The molecule has 2 fully saturated rings. The standard InChI is InChI=1S/C11H18N6O/c1-2-10-9-4-12-3-8(9)5-17(10)11(18)6-16-7-13-14-15-16/h7-10,12H,2-6H2,1H3. The normalized spacial score (nSPS) is 30.7. The van der Waals surface area contributed by atoms with E-state index in [1.165, 1.54) is 11.0 Å². The predicted molar refractivity (Wildman–Crippen MR) is 63.5 cm³/mol. The number of amides is 1. The predicted octanol–water partition coefficient (Wildman–Crippen LogP) is -0.870. The molecular formula is C11H18N6O. The Labute approximate surface area is 106 Å². The Hall–Kier alpha value is -1.50. The van der Waals surface area contributed by atoms with E-state index in [2.05, 4.69) is 27.8 Å². The van der Waals surface area contributed by atoms with E-state index in [0.29, 0.717) is 17.9 Å². The molecule has 0 aliphatic carbocycles. The molecule has 2 aliphatic heterocycles. The molecule has 1 aromatic heterocycles. The topological polar surface area (TPSA) is 75.9 Å². The van der Waals surface area contributed by atoms with Crippen molar-refractivity contribution in [3.63, 3.8) is 0 Å². The number of nitrogens with one attached hydrogen (secondary N) is 1. The highest BCUT2D eigenvalue weighted by molar-refractivity contribution is 5.76. The average Bonchev–Trinajstić information content (AvgIpc) is 3.03. The summed E-state index contributed by atoms with van der Waals surface area (Å²) < 4.78 is 1.49. The molecule has 18 heavy (non-hydrogen) atoms. The van der Waals surface area contributed by atoms with E-state index in [9.17, 15) is 4.79 Å². The van der Waals surface area contributed by atoms with E-state index < -0.39 is 0 Å². The Morgan fingerprint density at radius 1 is 1.50 bits per heavy atom. The van der Waals surface area contributed by atoms with E-state index in [1.54, 1.807) is 0 Å². The van der Waals surface area contributed by atoms with Crippen LogP contribution in [0, 0.1) is 11.8 Å². The average molecular weight is 250 g/mol. The van der Waals surface area contributed by atoms with Crippen LogP contribution in [0.1, 0.15) is 13.3 Å². The highest BCUT2D eigenvalue weighted by Crippen LogP contribution is 2.34. The third-order valence-electron chi connectivity index (χ3n) is 4.15. The molecule has 0 spiro atoms. The summed E-state index contributed by atoms with van der Waals surface area (Å²) in [6.45, 7) is 5.35. The summed E-state index contributed by atoms with van der Waals surface area (Å²) in [7, 11) is 0. The highest BCUT2D eigenvalue weighted by Gasteiger charge is 2.44. The lowest BCUT2D eigenvalue weighted by Crippen LogP contribution is -2.41. The molecule has 7 heteroatoms. The van der Waals surface area contributed by atoms with Gasteiger partial charge in [0.1, 0.15) is 12.9 Å². The van der Waals surface area contributed by atoms with Crippen molar-refractivity contribution in [3.05, 3.63) is 6.33 Å². The van der Waals surface area contributed by atoms with Gasteiger partial charge >= 0.3 is 0 Å². The van der Waals surface area contributed by atoms with Crippen LogP contribution in [-0.4, -0.2) is 56.7 Å². The van der Waals surface area contributed by atoms with Gasteiger partial charge in [0.15, 0.2) is 0 Å². The Kier molecular flexibility index (Phi) is 2.99. The molecule has 3 atom stereocenters. The Bertz CT molecular complexity index is 419. The van der Waals surface area contributed by atoms with E-state index in [0.717, 1.165) is 26.1 Å². The minimum atomic E-state index is 0.128. The molecule has 0 bridgehead atoms. The van der Waals surface area contributed by atoms with Crippen LogP contribution >= 0.6 is 0 Å². The van der Waals surface area contributed by atoms with Gasteiger partial charge in [0.05, 0.1) is 0 Å². The smallest absolute Gasteiger partial charge is 0.244 e. The maximum Gasteiger partial charge on any atom is 0.244 e. The number of fused-ring (bicyclic) bond motifs is 1. The van der Waals surface area contributed by atoms with E-state index in [-0.39, 0.29) is 12.5 Å². The first-order valence-electron chi connectivity index (χ1n) is 6.50. The maximum absolute atomic E-state index is 12.3. The quantitative estimate of drug-likeness (QED) is 0.754. The molecule has 3 unspecified atom stereocenters. The molecule has 2 aliphatic rings. The van der Waals surface area contributed by atoms with Crippen LogP contribution in [0.5, 0.6) is 0 Å². The molecular weight excluding hydrogens is 232 g/mol. The molecule has 3 heterocycles. The number of carbonyl (C=O) groups excluding carboxylic acids is 1. The molecule has 0 radical (unpaired) electrons. The monoisotopic (exact) mass is 250 g/mol. The summed E-state index contributed by atoms with van der Waals surface area (Å²) >= 11 is 0. The van der Waals surface area contributed by atoms with Gasteiger partial charge in [0.2, 0.25) is 5.91 Å². The lowest BCUT2D eigenvalue weighted by molar-refractivity contribution is -0.133. The van der Waals surface area contributed by atoms with Gasteiger partial charge in [0.25, 0.3) is 0 Å². The van der Waals surface area contributed by atoms with Gasteiger partial charge in [0, 0.05) is 25.7 Å². The van der Waals surface area contributed by atoms with Gasteiger partial charge in [-0.2, -0.15) is 0 Å². The summed E-state index contributed by atoms with van der Waals surface area (Å²) in [6.07, 6.45) is 2.50. The number of aromatic nitrogens is 4. The van der Waals surface area contributed by atoms with Crippen molar-refractivity contribution in [2.75, 3.05) is 19.6 Å². The molecule has 2 saturated heterocycles. The lowest BCUT2D eigenvalue weighted by Gasteiger charge is -2.26. The highest BCUT2D eigenvalue weighted by atomic mass is 16.2. The van der Waals surface area contributed by atoms with Crippen molar-refractivity contribution in [1.82, 2.24) is 30.4 Å². The Morgan fingerprint density at radius 3 is 3.11 bits per heavy atom. The molecule has 98 valence electrons. The molecule has 7 nitrogen and oxygen atoms in total. The molecule has 1 amide bonds. The number of hydrogen-bond donors (Lipinski definition) is 1. The van der Waals surface area contributed by atoms with Crippen LogP contribution < -0.4 is 5.32 Å². The van der Waals surface area contributed by atoms with Crippen molar-refractivity contribution in [2.24, 2.45) is 11.8 Å². The fourth-order valence-corrected chi connectivity index (χ4v) is 3.31. The van der Waals surface area contributed by atoms with Gasteiger partial charge in [-0.1, -0.05) is 6.92 Å². The van der Waals surface area contributed by atoms with E-state index in [4.69, 9.17) is 0 Å². The molecule has 0 saturated carbocycles. The van der Waals surface area contributed by atoms with Crippen LogP contribution in [-0.2, 0) is 11.3 Å². The Morgan fingerprint density at radius 2 is 2.39 bits per heavy atom. The van der Waals surface area contributed by atoms with Crippen LogP contribution in [0.3, 0.4) is 0 Å². The maximum atomic E-state index is 12.3. The van der Waals surface area contributed by atoms with Crippen LogP contribution in [0.25, 0.3) is 0 Å². The van der Waals surface area contributed by atoms with Crippen molar-refractivity contribution in [1.29, 1.82) is 0 Å². The number of likely N-dealkylation sites (tertiary alicyclic amines) is 1. The number of carbonyl (C=O) groups is 1. The van der Waals surface area contributed by atoms with E-state index in [1.807, 2.05) is 4.90 Å². The third kappa shape index (κ3) is 1.88. The van der Waals surface area contributed by atoms with Gasteiger partial charge in [-0.25, -0.2) is 4.68 Å². The molecule has 0 aromatic carbocycles. The SMILES string of the molecule is CCC1C2CNCC2CN1C(=O)Cn1cnnn1. The molecule has 3 rings (SSSR count). The zero-order valence-corrected chi connectivity index (χ0v) is 10.5. The van der Waals surface area contributed by atoms with E-state index >= 15 is 0 Å². The second-order valence-electron chi connectivity index (χ2n) is 5.11. The second-order valence-corrected chi connectivity index (χ2v) is 5.11. The fourth-order valence-electron chi connectivity index (χ4n) is 3.31. The first-order chi connectivity index (χ1) is 8.79. The summed E-state index contributed by atoms with van der Waals surface area (Å²) in [6, 6.07) is 0.369. The first-order valence-corrected chi connectivity index (χ1v) is 6.50. The number of rotatable bonds is 3. The second kappa shape index (κ2) is 4.64. The zero-order chi connectivity index (χ0) is 12.5. The van der Waals surface area contributed by atoms with Gasteiger partial charge in [-0.05, 0) is 28.7 Å². The zero-order valence-electron chi connectivity index (χ0n) is 10.5. The number of hydrogen-bond acceptors (Lipinski definition) is 5. The molecule has 1 aromatic rings. The summed E-state index contributed by atoms with van der Waals surface area (Å²) in [5, 5.41) is 14.3. The first kappa shape index (κ1) is 11.6. The lowest BCUT2D eigenvalue weighted by atomic mass is 9.93. The van der Waals surface area contributed by atoms with Crippen LogP contribution in [0.4, 0.5) is 0 Å². The van der Waals surface area contributed by atoms with Crippen molar-refractivity contribution in [3.8, 4) is 0 Å². The van der Waals surface area contributed by atoms with Gasteiger partial charge in [-0.15, -0.1) is 5.10 Å². The van der Waals surface area contributed by atoms with Crippen molar-refractivity contribution >= 4 is 5.91 Å². The fraction of sp³-hybridized carbons (Fsp3) is 0.818. The Balaban J connectivity index is 1.70. The number of nitrogens with zero attached hydrogens (tertiary/aromatic N) is 5. The van der Waals surface area contributed by atoms with Crippen LogP contribution in [0.2, 0.25) is 0 Å². The van der Waals surface area contributed by atoms with Crippen molar-refractivity contribution < 1.29 is 4.79 Å². The number of tetrazole rings is 1. The largest absolute Gasteiger partial charge is 0.337 e. The van der Waals surface area contributed by atoms with Gasteiger partial charge in [-0.3, -0.25) is 4.79 Å². The van der Waals surface area contributed by atoms with Crippen LogP contribution in [0.15, 0.2) is 6.33 Å². The molecule has 1 N–H and O–H groups in total. The van der Waals surface area contributed by atoms with Gasteiger partial charge < -0.3 is 10.2 Å². The minimum Gasteiger partial charge on any atom is -0.337 e. The summed E-state index contributed by atoms with van der Waals surface area (Å²) in [5.74, 6) is 1.36. The van der Waals surface area contributed by atoms with Crippen molar-refractivity contribution in [2.45, 2.75) is 25.9 Å². The minimum absolute atomic E-state index is 0.128. The summed E-state index contributed by atoms with van der Waals surface area (Å²) in [5.41, 5.74) is 0. The summed E-state index contributed by atoms with van der Waals surface area (Å²) in [4.78, 5) is 14.3.